The average Bonchev–Trinajstić information content (AvgIpc) is 2.95. The van der Waals surface area contributed by atoms with E-state index >= 15 is 0 Å². The molecule has 206 valence electrons. The summed E-state index contributed by atoms with van der Waals surface area (Å²) in [5, 5.41) is 42.7. The van der Waals surface area contributed by atoms with Gasteiger partial charge in [0, 0.05) is 49.0 Å². The minimum Gasteiger partial charge on any atom is -0.493 e. The van der Waals surface area contributed by atoms with Gasteiger partial charge in [-0.15, -0.1) is 0 Å². The summed E-state index contributed by atoms with van der Waals surface area (Å²) in [5.41, 5.74) is 2.48. The topological polar surface area (TPSA) is 144 Å². The highest BCUT2D eigenvalue weighted by molar-refractivity contribution is 5.93. The number of aliphatic hydroxyl groups is 4. The molecule has 0 radical (unpaired) electrons. The molecule has 2 heterocycles. The Morgan fingerprint density at radius 2 is 1.68 bits per heavy atom. The fraction of sp³-hybridized carbons (Fsp3) is 0.462. The first-order chi connectivity index (χ1) is 18.3. The van der Waals surface area contributed by atoms with Gasteiger partial charge in [0.1, 0.15) is 24.4 Å². The molecular weight excluding hydrogens is 497 g/mol. The van der Waals surface area contributed by atoms with Crippen LogP contribution >= 0.6 is 0 Å². The Kier molecular flexibility index (Phi) is 9.13. The molecule has 3 aromatic rings. The highest BCUT2D eigenvalue weighted by atomic mass is 19.1. The van der Waals surface area contributed by atoms with E-state index in [1.807, 2.05) is 12.1 Å². The smallest absolute Gasteiger partial charge is 0.164 e. The SMILES string of the molecule is COc1cc2c(Nc3ccc(N4CCN(C)CC4)cc3)ncnc2cc1O[C@@H](CO)[C@@H](O)[C@H](O)[C@@H](F)CO. The quantitative estimate of drug-likeness (QED) is 0.241. The summed E-state index contributed by atoms with van der Waals surface area (Å²) in [4.78, 5) is 13.3. The summed E-state index contributed by atoms with van der Waals surface area (Å²) >= 11 is 0. The van der Waals surface area contributed by atoms with Crippen molar-refractivity contribution >= 4 is 28.1 Å². The van der Waals surface area contributed by atoms with Gasteiger partial charge in [-0.1, -0.05) is 0 Å². The van der Waals surface area contributed by atoms with E-state index in [0.29, 0.717) is 16.7 Å². The molecule has 0 spiro atoms. The van der Waals surface area contributed by atoms with E-state index in [4.69, 9.17) is 14.6 Å². The lowest BCUT2D eigenvalue weighted by Gasteiger charge is -2.34. The van der Waals surface area contributed by atoms with Gasteiger partial charge in [-0.05, 0) is 37.4 Å². The molecular formula is C26H34FN5O6. The van der Waals surface area contributed by atoms with E-state index in [2.05, 4.69) is 44.3 Å². The van der Waals surface area contributed by atoms with Crippen molar-refractivity contribution in [3.05, 3.63) is 42.7 Å². The summed E-state index contributed by atoms with van der Waals surface area (Å²) < 4.78 is 24.8. The first-order valence-electron chi connectivity index (χ1n) is 12.4. The van der Waals surface area contributed by atoms with E-state index in [0.717, 1.165) is 37.6 Å². The van der Waals surface area contributed by atoms with Crippen molar-refractivity contribution in [3.63, 3.8) is 0 Å². The first-order valence-corrected chi connectivity index (χ1v) is 12.4. The molecule has 1 fully saturated rings. The standard InChI is InChI=1S/C26H34FN5O6/c1-31-7-9-32(10-8-31)17-5-3-16(4-6-17)30-26-18-11-21(37-2)22(12-20(18)28-15-29-26)38-23(14-34)25(36)24(35)19(27)13-33/h3-6,11-12,15,19,23-25,33-36H,7-10,13-14H2,1-2H3,(H,28,29,30)/t19-,23-,24+,25+/m0/s1. The van der Waals surface area contributed by atoms with Gasteiger partial charge in [-0.2, -0.15) is 0 Å². The number of anilines is 3. The largest absolute Gasteiger partial charge is 0.493 e. The Morgan fingerprint density at radius 1 is 0.974 bits per heavy atom. The number of aromatic nitrogens is 2. The average molecular weight is 532 g/mol. The number of halogens is 1. The van der Waals surface area contributed by atoms with Crippen LogP contribution in [0, 0.1) is 0 Å². The molecule has 0 amide bonds. The lowest BCUT2D eigenvalue weighted by molar-refractivity contribution is -0.0981. The minimum atomic E-state index is -2.10. The lowest BCUT2D eigenvalue weighted by Crippen LogP contribution is -2.48. The molecule has 4 rings (SSSR count). The molecule has 0 bridgehead atoms. The van der Waals surface area contributed by atoms with Crippen molar-refractivity contribution in [1.29, 1.82) is 0 Å². The third-order valence-corrected chi connectivity index (χ3v) is 6.65. The van der Waals surface area contributed by atoms with Crippen LogP contribution in [0.1, 0.15) is 0 Å². The second-order valence-electron chi connectivity index (χ2n) is 9.22. The third kappa shape index (κ3) is 6.22. The Bertz CT molecular complexity index is 1190. The third-order valence-electron chi connectivity index (χ3n) is 6.65. The maximum Gasteiger partial charge on any atom is 0.164 e. The van der Waals surface area contributed by atoms with Crippen LogP contribution in [-0.2, 0) is 0 Å². The first kappa shape index (κ1) is 27.7. The number of nitrogens with one attached hydrogen (secondary N) is 1. The molecule has 0 aliphatic carbocycles. The predicted octanol–water partition coefficient (Wildman–Crippen LogP) is 0.926. The van der Waals surface area contributed by atoms with E-state index in [1.165, 1.54) is 19.5 Å². The number of hydrogen-bond donors (Lipinski definition) is 5. The summed E-state index contributed by atoms with van der Waals surface area (Å²) in [6.07, 6.45) is -5.86. The fourth-order valence-electron chi connectivity index (χ4n) is 4.29. The predicted molar refractivity (Wildman–Crippen MR) is 141 cm³/mol. The van der Waals surface area contributed by atoms with E-state index in [-0.39, 0.29) is 11.5 Å². The number of alkyl halides is 1. The van der Waals surface area contributed by atoms with Crippen LogP contribution in [0.4, 0.5) is 21.6 Å². The highest BCUT2D eigenvalue weighted by Crippen LogP contribution is 2.36. The van der Waals surface area contributed by atoms with Crippen molar-refractivity contribution in [3.8, 4) is 11.5 Å². The molecule has 0 unspecified atom stereocenters. The van der Waals surface area contributed by atoms with Gasteiger partial charge in [-0.25, -0.2) is 14.4 Å². The van der Waals surface area contributed by atoms with E-state index in [1.54, 1.807) is 6.07 Å². The van der Waals surface area contributed by atoms with Gasteiger partial charge >= 0.3 is 0 Å². The highest BCUT2D eigenvalue weighted by Gasteiger charge is 2.34. The van der Waals surface area contributed by atoms with Gasteiger partial charge in [0.2, 0.25) is 0 Å². The number of methoxy groups -OCH3 is 1. The molecule has 2 aromatic carbocycles. The number of piperazine rings is 1. The summed E-state index contributed by atoms with van der Waals surface area (Å²) in [6.45, 7) is 2.30. The molecule has 12 heteroatoms. The summed E-state index contributed by atoms with van der Waals surface area (Å²) in [5.74, 6) is 0.898. The summed E-state index contributed by atoms with van der Waals surface area (Å²) in [7, 11) is 3.55. The Balaban J connectivity index is 1.54. The molecule has 1 aliphatic heterocycles. The van der Waals surface area contributed by atoms with Crippen LogP contribution in [-0.4, -0.2) is 113 Å². The molecule has 0 saturated carbocycles. The van der Waals surface area contributed by atoms with Crippen molar-refractivity contribution < 1.29 is 34.3 Å². The molecule has 4 atom stereocenters. The Morgan fingerprint density at radius 3 is 2.32 bits per heavy atom. The zero-order chi connectivity index (χ0) is 27.2. The van der Waals surface area contributed by atoms with E-state index in [9.17, 15) is 19.7 Å². The zero-order valence-electron chi connectivity index (χ0n) is 21.4. The van der Waals surface area contributed by atoms with Crippen molar-refractivity contribution in [1.82, 2.24) is 14.9 Å². The molecule has 38 heavy (non-hydrogen) atoms. The molecule has 1 saturated heterocycles. The van der Waals surface area contributed by atoms with Crippen LogP contribution in [0.15, 0.2) is 42.7 Å². The van der Waals surface area contributed by atoms with Crippen molar-refractivity contribution in [2.24, 2.45) is 0 Å². The fourth-order valence-corrected chi connectivity index (χ4v) is 4.29. The maximum absolute atomic E-state index is 13.7. The van der Waals surface area contributed by atoms with Gasteiger partial charge < -0.3 is 45.0 Å². The second kappa shape index (κ2) is 12.5. The number of aliphatic hydroxyl groups excluding tert-OH is 4. The van der Waals surface area contributed by atoms with Gasteiger partial charge in [-0.3, -0.25) is 0 Å². The van der Waals surface area contributed by atoms with Gasteiger partial charge in [0.25, 0.3) is 0 Å². The number of benzene rings is 2. The normalized spacial score (nSPS) is 17.6. The Labute approximate surface area is 220 Å². The second-order valence-corrected chi connectivity index (χ2v) is 9.22. The van der Waals surface area contributed by atoms with E-state index < -0.39 is 37.7 Å². The number of fused-ring (bicyclic) bond motifs is 1. The van der Waals surface area contributed by atoms with Gasteiger partial charge in [0.15, 0.2) is 23.8 Å². The number of likely N-dealkylation sites (N-methyl/N-ethyl adjacent to an activating group) is 1. The van der Waals surface area contributed by atoms with Gasteiger partial charge in [0.05, 0.1) is 25.8 Å². The van der Waals surface area contributed by atoms with Crippen LogP contribution < -0.4 is 19.7 Å². The summed E-state index contributed by atoms with van der Waals surface area (Å²) in [6, 6.07) is 11.3. The molecule has 5 N–H and O–H groups in total. The van der Waals surface area contributed by atoms with Crippen molar-refractivity contribution in [2.45, 2.75) is 24.5 Å². The van der Waals surface area contributed by atoms with Crippen LogP contribution in [0.25, 0.3) is 10.9 Å². The number of ether oxygens (including phenoxy) is 2. The monoisotopic (exact) mass is 531 g/mol. The zero-order valence-corrected chi connectivity index (χ0v) is 21.4. The molecule has 11 nitrogen and oxygen atoms in total. The Hall–Kier alpha value is -3.29. The van der Waals surface area contributed by atoms with Crippen LogP contribution in [0.2, 0.25) is 0 Å². The maximum atomic E-state index is 13.7. The molecule has 1 aromatic heterocycles. The number of rotatable bonds is 11. The van der Waals surface area contributed by atoms with Crippen LogP contribution in [0.5, 0.6) is 11.5 Å². The minimum absolute atomic E-state index is 0.117. The number of hydrogen-bond acceptors (Lipinski definition) is 11. The lowest BCUT2D eigenvalue weighted by atomic mass is 10.0. The van der Waals surface area contributed by atoms with Crippen LogP contribution in [0.3, 0.4) is 0 Å². The van der Waals surface area contributed by atoms with Crippen molar-refractivity contribution in [2.75, 3.05) is 63.8 Å². The number of nitrogens with zero attached hydrogens (tertiary/aromatic N) is 4. The molecule has 1 aliphatic rings.